The van der Waals surface area contributed by atoms with Crippen LogP contribution in [0.25, 0.3) is 0 Å². The number of hydrogen-bond donors (Lipinski definition) is 2. The average Bonchev–Trinajstić information content (AvgIpc) is 2.37. The van der Waals surface area contributed by atoms with E-state index in [1.165, 1.54) is 30.4 Å². The molecule has 0 bridgehead atoms. The highest BCUT2D eigenvalue weighted by Gasteiger charge is 1.98. The van der Waals surface area contributed by atoms with Gasteiger partial charge >= 0.3 is 0 Å². The fourth-order valence-corrected chi connectivity index (χ4v) is 1.97. The van der Waals surface area contributed by atoms with E-state index in [1.807, 2.05) is 0 Å². The molecule has 0 saturated carbocycles. The molecular formula is C15H24N2O. The number of carbonyl (C=O) groups excluding carboxylic acids is 1. The monoisotopic (exact) mass is 248 g/mol. The number of nitrogens with two attached hydrogens (primary N) is 2. The summed E-state index contributed by atoms with van der Waals surface area (Å²) in [6, 6.07) is 8.49. The van der Waals surface area contributed by atoms with Gasteiger partial charge in [-0.15, -0.1) is 0 Å². The van der Waals surface area contributed by atoms with Crippen molar-refractivity contribution in [2.24, 2.45) is 11.5 Å². The van der Waals surface area contributed by atoms with Gasteiger partial charge in [0.25, 0.3) is 0 Å². The highest BCUT2D eigenvalue weighted by molar-refractivity contribution is 5.73. The first-order valence-electron chi connectivity index (χ1n) is 6.78. The molecule has 1 rings (SSSR count). The Balaban J connectivity index is 2.25. The molecule has 1 aromatic carbocycles. The highest BCUT2D eigenvalue weighted by Crippen LogP contribution is 2.10. The molecule has 0 radical (unpaired) electrons. The summed E-state index contributed by atoms with van der Waals surface area (Å²) in [4.78, 5) is 10.7. The second-order valence-electron chi connectivity index (χ2n) is 4.74. The quantitative estimate of drug-likeness (QED) is 0.657. The molecule has 1 amide bonds. The smallest absolute Gasteiger partial charge is 0.217 e. The lowest BCUT2D eigenvalue weighted by atomic mass is 10.0. The van der Waals surface area contributed by atoms with Gasteiger partial charge in [0, 0.05) is 6.42 Å². The van der Waals surface area contributed by atoms with Gasteiger partial charge in [0.15, 0.2) is 0 Å². The lowest BCUT2D eigenvalue weighted by Gasteiger charge is -2.04. The van der Waals surface area contributed by atoms with Crippen LogP contribution in [0.3, 0.4) is 0 Å². The van der Waals surface area contributed by atoms with Gasteiger partial charge in [-0.05, 0) is 43.4 Å². The summed E-state index contributed by atoms with van der Waals surface area (Å²) in [6.07, 6.45) is 7.13. The van der Waals surface area contributed by atoms with Crippen molar-refractivity contribution in [2.75, 3.05) is 6.54 Å². The highest BCUT2D eigenvalue weighted by atomic mass is 16.1. The van der Waals surface area contributed by atoms with Crippen molar-refractivity contribution >= 4 is 5.91 Å². The maximum Gasteiger partial charge on any atom is 0.217 e. The number of rotatable bonds is 9. The van der Waals surface area contributed by atoms with Crippen molar-refractivity contribution in [1.29, 1.82) is 0 Å². The van der Waals surface area contributed by atoms with E-state index in [2.05, 4.69) is 24.3 Å². The molecule has 100 valence electrons. The summed E-state index contributed by atoms with van der Waals surface area (Å²) in [5.41, 5.74) is 13.1. The minimum absolute atomic E-state index is 0.237. The van der Waals surface area contributed by atoms with Gasteiger partial charge in [-0.3, -0.25) is 4.79 Å². The van der Waals surface area contributed by atoms with Gasteiger partial charge in [0.1, 0.15) is 0 Å². The number of primary amides is 1. The molecular weight excluding hydrogens is 224 g/mol. The fourth-order valence-electron chi connectivity index (χ4n) is 1.97. The van der Waals surface area contributed by atoms with Crippen molar-refractivity contribution in [1.82, 2.24) is 0 Å². The predicted molar refractivity (Wildman–Crippen MR) is 75.2 cm³/mol. The number of carbonyl (C=O) groups is 1. The Kier molecular flexibility index (Phi) is 7.11. The number of hydrogen-bond acceptors (Lipinski definition) is 2. The van der Waals surface area contributed by atoms with Crippen molar-refractivity contribution in [3.05, 3.63) is 35.4 Å². The van der Waals surface area contributed by atoms with Gasteiger partial charge in [0.05, 0.1) is 0 Å². The minimum atomic E-state index is -0.237. The Hall–Kier alpha value is -1.35. The lowest BCUT2D eigenvalue weighted by molar-refractivity contribution is -0.117. The maximum atomic E-state index is 10.7. The topological polar surface area (TPSA) is 69.1 Å². The van der Waals surface area contributed by atoms with Crippen LogP contribution >= 0.6 is 0 Å². The number of amides is 1. The summed E-state index contributed by atoms with van der Waals surface area (Å²) in [7, 11) is 0. The van der Waals surface area contributed by atoms with Gasteiger partial charge < -0.3 is 11.5 Å². The van der Waals surface area contributed by atoms with Crippen LogP contribution in [0, 0.1) is 0 Å². The molecule has 18 heavy (non-hydrogen) atoms. The fraction of sp³-hybridized carbons (Fsp3) is 0.533. The first-order valence-corrected chi connectivity index (χ1v) is 6.78. The summed E-state index contributed by atoms with van der Waals surface area (Å²) in [6.45, 7) is 0.800. The van der Waals surface area contributed by atoms with E-state index in [0.29, 0.717) is 6.42 Å². The molecule has 0 aliphatic rings. The number of benzene rings is 1. The molecule has 0 aliphatic carbocycles. The van der Waals surface area contributed by atoms with E-state index >= 15 is 0 Å². The molecule has 3 heteroatoms. The molecule has 0 fully saturated rings. The third-order valence-corrected chi connectivity index (χ3v) is 3.10. The van der Waals surface area contributed by atoms with Crippen LogP contribution in [0.5, 0.6) is 0 Å². The van der Waals surface area contributed by atoms with E-state index < -0.39 is 0 Å². The van der Waals surface area contributed by atoms with Crippen LogP contribution in [-0.4, -0.2) is 12.5 Å². The first kappa shape index (κ1) is 14.7. The van der Waals surface area contributed by atoms with Crippen LogP contribution in [0.4, 0.5) is 0 Å². The van der Waals surface area contributed by atoms with Crippen LogP contribution in [0.15, 0.2) is 24.3 Å². The molecule has 0 saturated heterocycles. The van der Waals surface area contributed by atoms with Crippen LogP contribution < -0.4 is 11.5 Å². The Morgan fingerprint density at radius 2 is 1.44 bits per heavy atom. The summed E-state index contributed by atoms with van der Waals surface area (Å²) in [5.74, 6) is -0.237. The van der Waals surface area contributed by atoms with Gasteiger partial charge in [-0.1, -0.05) is 37.1 Å². The van der Waals surface area contributed by atoms with E-state index in [4.69, 9.17) is 11.5 Å². The third kappa shape index (κ3) is 6.40. The van der Waals surface area contributed by atoms with Crippen molar-refractivity contribution in [3.63, 3.8) is 0 Å². The maximum absolute atomic E-state index is 10.7. The first-order chi connectivity index (χ1) is 8.72. The Bertz CT molecular complexity index is 346. The molecule has 0 atom stereocenters. The molecule has 3 nitrogen and oxygen atoms in total. The number of aryl methyl sites for hydroxylation is 2. The zero-order valence-corrected chi connectivity index (χ0v) is 11.0. The molecule has 0 unspecified atom stereocenters. The Labute approximate surface area is 110 Å². The standard InChI is InChI=1S/C15H24N2O/c16-12-4-2-1-3-5-13-6-8-14(9-7-13)10-11-15(17)18/h6-9H,1-5,10-12,16H2,(H2,17,18). The number of unbranched alkanes of at least 4 members (excludes halogenated alkanes) is 3. The van der Waals surface area contributed by atoms with Crippen LogP contribution in [-0.2, 0) is 17.6 Å². The van der Waals surface area contributed by atoms with Crippen molar-refractivity contribution < 1.29 is 4.79 Å². The summed E-state index contributed by atoms with van der Waals surface area (Å²) in [5, 5.41) is 0. The average molecular weight is 248 g/mol. The van der Waals surface area contributed by atoms with E-state index in [1.54, 1.807) is 0 Å². The second-order valence-corrected chi connectivity index (χ2v) is 4.74. The molecule has 1 aromatic rings. The Morgan fingerprint density at radius 3 is 2.00 bits per heavy atom. The SMILES string of the molecule is NCCCCCCc1ccc(CCC(N)=O)cc1. The van der Waals surface area contributed by atoms with Crippen molar-refractivity contribution in [2.45, 2.75) is 44.9 Å². The normalized spacial score (nSPS) is 10.5. The molecule has 0 aliphatic heterocycles. The van der Waals surface area contributed by atoms with E-state index in [-0.39, 0.29) is 5.91 Å². The molecule has 0 aromatic heterocycles. The van der Waals surface area contributed by atoms with Gasteiger partial charge in [0.2, 0.25) is 5.91 Å². The molecule has 4 N–H and O–H groups in total. The second kappa shape index (κ2) is 8.70. The van der Waals surface area contributed by atoms with Crippen molar-refractivity contribution in [3.8, 4) is 0 Å². The largest absolute Gasteiger partial charge is 0.370 e. The Morgan fingerprint density at radius 1 is 0.889 bits per heavy atom. The molecule has 0 spiro atoms. The van der Waals surface area contributed by atoms with E-state index in [9.17, 15) is 4.79 Å². The van der Waals surface area contributed by atoms with E-state index in [0.717, 1.165) is 25.8 Å². The zero-order valence-electron chi connectivity index (χ0n) is 11.0. The van der Waals surface area contributed by atoms with Gasteiger partial charge in [-0.2, -0.15) is 0 Å². The van der Waals surface area contributed by atoms with Crippen LogP contribution in [0.1, 0.15) is 43.2 Å². The molecule has 0 heterocycles. The van der Waals surface area contributed by atoms with Gasteiger partial charge in [-0.25, -0.2) is 0 Å². The third-order valence-electron chi connectivity index (χ3n) is 3.10. The van der Waals surface area contributed by atoms with Crippen LogP contribution in [0.2, 0.25) is 0 Å². The predicted octanol–water partition coefficient (Wildman–Crippen LogP) is 2.17. The summed E-state index contributed by atoms with van der Waals surface area (Å²) < 4.78 is 0. The lowest BCUT2D eigenvalue weighted by Crippen LogP contribution is -2.11. The zero-order chi connectivity index (χ0) is 13.2. The summed E-state index contributed by atoms with van der Waals surface area (Å²) >= 11 is 0. The minimum Gasteiger partial charge on any atom is -0.370 e.